The van der Waals surface area contributed by atoms with Gasteiger partial charge in [0.05, 0.1) is 16.6 Å². The smallest absolute Gasteiger partial charge is 0.278 e. The first kappa shape index (κ1) is 20.0. The second-order valence-corrected chi connectivity index (χ2v) is 6.99. The van der Waals surface area contributed by atoms with Crippen molar-refractivity contribution in [3.8, 4) is 0 Å². The third-order valence-corrected chi connectivity index (χ3v) is 4.64. The number of amides is 2. The summed E-state index contributed by atoms with van der Waals surface area (Å²) in [5.74, 6) is -0.855. The molecule has 0 aliphatic carbocycles. The zero-order valence-corrected chi connectivity index (χ0v) is 16.7. The largest absolute Gasteiger partial charge is 0.324 e. The highest BCUT2D eigenvalue weighted by molar-refractivity contribution is 6.10. The summed E-state index contributed by atoms with van der Waals surface area (Å²) in [7, 11) is 0. The number of rotatable bonds is 5. The van der Waals surface area contributed by atoms with Crippen LogP contribution in [0, 0.1) is 6.92 Å². The maximum Gasteiger partial charge on any atom is 0.278 e. The van der Waals surface area contributed by atoms with Crippen LogP contribution in [-0.2, 0) is 11.3 Å². The molecule has 0 aliphatic rings. The maximum atomic E-state index is 12.7. The molecule has 0 bridgehead atoms. The van der Waals surface area contributed by atoms with Crippen LogP contribution in [-0.4, -0.2) is 26.8 Å². The Morgan fingerprint density at radius 1 is 0.935 bits per heavy atom. The van der Waals surface area contributed by atoms with E-state index in [1.807, 2.05) is 25.1 Å². The monoisotopic (exact) mass is 413 g/mol. The first-order chi connectivity index (χ1) is 15.0. The van der Waals surface area contributed by atoms with E-state index in [1.165, 1.54) is 0 Å². The van der Waals surface area contributed by atoms with Gasteiger partial charge in [0.1, 0.15) is 12.1 Å². The van der Waals surface area contributed by atoms with Crippen LogP contribution in [0.2, 0.25) is 0 Å². The van der Waals surface area contributed by atoms with Crippen LogP contribution in [0.4, 0.5) is 11.4 Å². The molecule has 0 unspecified atom stereocenters. The quantitative estimate of drug-likeness (QED) is 0.523. The predicted octanol–water partition coefficient (Wildman–Crippen LogP) is 2.99. The van der Waals surface area contributed by atoms with Crippen molar-refractivity contribution < 1.29 is 9.59 Å². The summed E-state index contributed by atoms with van der Waals surface area (Å²) in [6.07, 6.45) is 0. The Labute approximate surface area is 177 Å². The molecular weight excluding hydrogens is 394 g/mol. The van der Waals surface area contributed by atoms with Crippen LogP contribution < -0.4 is 16.2 Å². The molecule has 0 atom stereocenters. The summed E-state index contributed by atoms with van der Waals surface area (Å²) >= 11 is 0. The lowest BCUT2D eigenvalue weighted by Gasteiger charge is -2.12. The third kappa shape index (κ3) is 4.48. The molecule has 0 fully saturated rings. The minimum absolute atomic E-state index is 0.300. The van der Waals surface area contributed by atoms with Crippen molar-refractivity contribution in [3.05, 3.63) is 94.3 Å². The van der Waals surface area contributed by atoms with Crippen LogP contribution >= 0.6 is 0 Å². The number of hydrogen-bond donors (Lipinski definition) is 2. The van der Waals surface area contributed by atoms with E-state index in [2.05, 4.69) is 20.9 Å². The lowest BCUT2D eigenvalue weighted by Crippen LogP contribution is -2.31. The molecule has 4 rings (SSSR count). The molecule has 8 heteroatoms. The van der Waals surface area contributed by atoms with E-state index in [0.29, 0.717) is 27.8 Å². The molecule has 0 spiro atoms. The van der Waals surface area contributed by atoms with Gasteiger partial charge >= 0.3 is 0 Å². The molecule has 154 valence electrons. The average Bonchev–Trinajstić information content (AvgIpc) is 2.76. The van der Waals surface area contributed by atoms with Gasteiger partial charge in [-0.15, -0.1) is 5.10 Å². The van der Waals surface area contributed by atoms with Crippen molar-refractivity contribution in [2.75, 3.05) is 10.6 Å². The van der Waals surface area contributed by atoms with Crippen LogP contribution in [0.5, 0.6) is 0 Å². The van der Waals surface area contributed by atoms with Crippen molar-refractivity contribution in [1.29, 1.82) is 0 Å². The van der Waals surface area contributed by atoms with Crippen LogP contribution in [0.15, 0.2) is 77.6 Å². The molecule has 0 saturated carbocycles. The van der Waals surface area contributed by atoms with E-state index in [9.17, 15) is 14.4 Å². The Balaban J connectivity index is 1.52. The maximum absolute atomic E-state index is 12.7. The molecular formula is C23H19N5O3. The van der Waals surface area contributed by atoms with Gasteiger partial charge in [0, 0.05) is 5.69 Å². The number of nitrogens with one attached hydrogen (secondary N) is 2. The number of carbonyl (C=O) groups excluding carboxylic acids is 2. The Kier molecular flexibility index (Phi) is 5.53. The Morgan fingerprint density at radius 2 is 1.71 bits per heavy atom. The number of aryl methyl sites for hydroxylation is 1. The van der Waals surface area contributed by atoms with Gasteiger partial charge in [-0.1, -0.05) is 41.6 Å². The highest BCUT2D eigenvalue weighted by atomic mass is 16.2. The third-order valence-electron chi connectivity index (χ3n) is 4.64. The number of anilines is 2. The van der Waals surface area contributed by atoms with Gasteiger partial charge in [-0.05, 0) is 48.9 Å². The van der Waals surface area contributed by atoms with Gasteiger partial charge in [-0.2, -0.15) is 0 Å². The fourth-order valence-electron chi connectivity index (χ4n) is 3.16. The summed E-state index contributed by atoms with van der Waals surface area (Å²) < 4.78 is 0.993. The summed E-state index contributed by atoms with van der Waals surface area (Å²) in [6.45, 7) is 1.60. The fourth-order valence-corrected chi connectivity index (χ4v) is 3.16. The number of aromatic nitrogens is 3. The lowest BCUT2D eigenvalue weighted by molar-refractivity contribution is -0.117. The molecule has 31 heavy (non-hydrogen) atoms. The standard InChI is InChI=1S/C23H19N5O3/c1-15-7-6-8-16(13-15)24-22(30)17-9-2-4-11-19(17)25-21(29)14-28-23(31)18-10-3-5-12-20(18)26-27-28/h2-13H,14H2,1H3,(H,24,30)(H,25,29). The van der Waals surface area contributed by atoms with E-state index >= 15 is 0 Å². The van der Waals surface area contributed by atoms with Crippen LogP contribution in [0.25, 0.3) is 10.9 Å². The minimum Gasteiger partial charge on any atom is -0.324 e. The Hall–Kier alpha value is -4.33. The summed E-state index contributed by atoms with van der Waals surface area (Å²) in [4.78, 5) is 37.9. The lowest BCUT2D eigenvalue weighted by atomic mass is 10.1. The molecule has 0 aliphatic heterocycles. The Bertz CT molecular complexity index is 1350. The molecule has 3 aromatic carbocycles. The molecule has 0 saturated heterocycles. The van der Waals surface area contributed by atoms with Crippen LogP contribution in [0.1, 0.15) is 15.9 Å². The van der Waals surface area contributed by atoms with Crippen molar-refractivity contribution >= 4 is 34.1 Å². The normalized spacial score (nSPS) is 10.6. The van der Waals surface area contributed by atoms with Gasteiger partial charge in [0.15, 0.2) is 0 Å². The molecule has 0 radical (unpaired) electrons. The number of nitrogens with zero attached hydrogens (tertiary/aromatic N) is 3. The highest BCUT2D eigenvalue weighted by Gasteiger charge is 2.15. The SMILES string of the molecule is Cc1cccc(NC(=O)c2ccccc2NC(=O)Cn2nnc3ccccc3c2=O)c1. The molecule has 4 aromatic rings. The second-order valence-electron chi connectivity index (χ2n) is 6.99. The predicted molar refractivity (Wildman–Crippen MR) is 118 cm³/mol. The molecule has 2 N–H and O–H groups in total. The molecule has 2 amide bonds. The topological polar surface area (TPSA) is 106 Å². The van der Waals surface area contributed by atoms with E-state index in [0.717, 1.165) is 10.2 Å². The van der Waals surface area contributed by atoms with Crippen molar-refractivity contribution in [3.63, 3.8) is 0 Å². The number of fused-ring (bicyclic) bond motifs is 1. The molecule has 1 heterocycles. The fraction of sp³-hybridized carbons (Fsp3) is 0.0870. The molecule has 8 nitrogen and oxygen atoms in total. The summed E-state index contributed by atoms with van der Waals surface area (Å²) in [5.41, 5.74) is 2.35. The van der Waals surface area contributed by atoms with Crippen LogP contribution in [0.3, 0.4) is 0 Å². The average molecular weight is 413 g/mol. The number of para-hydroxylation sites is 1. The summed E-state index contributed by atoms with van der Waals surface area (Å²) in [5, 5.41) is 13.7. The van der Waals surface area contributed by atoms with E-state index in [-0.39, 0.29) is 12.5 Å². The number of hydrogen-bond acceptors (Lipinski definition) is 5. The van der Waals surface area contributed by atoms with Gasteiger partial charge in [0.25, 0.3) is 11.5 Å². The van der Waals surface area contributed by atoms with E-state index in [4.69, 9.17) is 0 Å². The van der Waals surface area contributed by atoms with Gasteiger partial charge in [-0.25, -0.2) is 4.68 Å². The van der Waals surface area contributed by atoms with E-state index < -0.39 is 11.5 Å². The van der Waals surface area contributed by atoms with Crippen molar-refractivity contribution in [1.82, 2.24) is 15.0 Å². The first-order valence-electron chi connectivity index (χ1n) is 9.61. The zero-order valence-electron chi connectivity index (χ0n) is 16.7. The first-order valence-corrected chi connectivity index (χ1v) is 9.61. The Morgan fingerprint density at radius 3 is 2.55 bits per heavy atom. The second kappa shape index (κ2) is 8.58. The number of carbonyl (C=O) groups is 2. The van der Waals surface area contributed by atoms with E-state index in [1.54, 1.807) is 54.6 Å². The van der Waals surface area contributed by atoms with Gasteiger partial charge in [0.2, 0.25) is 5.91 Å². The van der Waals surface area contributed by atoms with Gasteiger partial charge in [-0.3, -0.25) is 14.4 Å². The van der Waals surface area contributed by atoms with Crippen molar-refractivity contribution in [2.45, 2.75) is 13.5 Å². The zero-order chi connectivity index (χ0) is 21.8. The summed E-state index contributed by atoms with van der Waals surface area (Å²) in [6, 6.07) is 20.9. The minimum atomic E-state index is -0.498. The molecule has 1 aromatic heterocycles. The van der Waals surface area contributed by atoms with Crippen molar-refractivity contribution in [2.24, 2.45) is 0 Å². The number of benzene rings is 3. The highest BCUT2D eigenvalue weighted by Crippen LogP contribution is 2.18. The van der Waals surface area contributed by atoms with Gasteiger partial charge < -0.3 is 10.6 Å².